The van der Waals surface area contributed by atoms with Crippen LogP contribution in [0.4, 0.5) is 0 Å². The van der Waals surface area contributed by atoms with Crippen LogP contribution in [0, 0.1) is 5.92 Å². The number of carbonyl (C=O) groups is 1. The Morgan fingerprint density at radius 2 is 2.33 bits per heavy atom. The quantitative estimate of drug-likeness (QED) is 0.622. The van der Waals surface area contributed by atoms with Crippen molar-refractivity contribution < 1.29 is 15.0 Å². The van der Waals surface area contributed by atoms with Gasteiger partial charge >= 0.3 is 5.97 Å². The van der Waals surface area contributed by atoms with Crippen LogP contribution in [0.5, 0.6) is 0 Å². The van der Waals surface area contributed by atoms with Crippen LogP contribution in [0.2, 0.25) is 0 Å². The normalized spacial score (nSPS) is 25.6. The van der Waals surface area contributed by atoms with E-state index in [-0.39, 0.29) is 5.76 Å². The van der Waals surface area contributed by atoms with E-state index < -0.39 is 11.9 Å². The van der Waals surface area contributed by atoms with Crippen molar-refractivity contribution in [1.29, 1.82) is 0 Å². The second-order valence-electron chi connectivity index (χ2n) is 2.53. The molecule has 0 aromatic carbocycles. The molecule has 0 saturated carbocycles. The smallest absolute Gasteiger partial charge is 0.314 e. The highest BCUT2D eigenvalue weighted by atomic mass is 16.4. The zero-order chi connectivity index (χ0) is 9.14. The van der Waals surface area contributed by atoms with E-state index in [0.717, 1.165) is 0 Å². The molecular weight excluding hydrogens is 156 g/mol. The third-order valence-electron chi connectivity index (χ3n) is 1.73. The summed E-state index contributed by atoms with van der Waals surface area (Å²) in [4.78, 5) is 10.6. The van der Waals surface area contributed by atoms with Gasteiger partial charge in [0.25, 0.3) is 0 Å². The zero-order valence-corrected chi connectivity index (χ0v) is 6.69. The molecule has 1 rings (SSSR count). The molecular formula is C9H10O3. The number of carboxylic acid groups (broad SMARTS) is 1. The van der Waals surface area contributed by atoms with Crippen molar-refractivity contribution in [2.45, 2.75) is 6.92 Å². The molecule has 0 amide bonds. The van der Waals surface area contributed by atoms with E-state index in [1.54, 1.807) is 13.0 Å². The number of carboxylic acids is 1. The van der Waals surface area contributed by atoms with Crippen LogP contribution in [0.15, 0.2) is 35.6 Å². The lowest BCUT2D eigenvalue weighted by atomic mass is 9.94. The van der Waals surface area contributed by atoms with Gasteiger partial charge in [0.2, 0.25) is 0 Å². The van der Waals surface area contributed by atoms with E-state index in [4.69, 9.17) is 10.2 Å². The fourth-order valence-electron chi connectivity index (χ4n) is 1.10. The molecule has 2 N–H and O–H groups in total. The minimum Gasteiger partial charge on any atom is -0.508 e. The van der Waals surface area contributed by atoms with Crippen molar-refractivity contribution in [2.24, 2.45) is 5.92 Å². The first-order chi connectivity index (χ1) is 5.65. The molecule has 1 atom stereocenters. The van der Waals surface area contributed by atoms with Crippen molar-refractivity contribution in [3.8, 4) is 0 Å². The summed E-state index contributed by atoms with van der Waals surface area (Å²) in [5.41, 5.74) is 0.613. The number of hydrogen-bond acceptors (Lipinski definition) is 2. The number of allylic oxidation sites excluding steroid dienone is 3. The maximum absolute atomic E-state index is 10.6. The van der Waals surface area contributed by atoms with Gasteiger partial charge in [0, 0.05) is 0 Å². The van der Waals surface area contributed by atoms with Gasteiger partial charge in [-0.25, -0.2) is 0 Å². The summed E-state index contributed by atoms with van der Waals surface area (Å²) in [7, 11) is 0. The molecule has 0 heterocycles. The van der Waals surface area contributed by atoms with Gasteiger partial charge in [0.05, 0.1) is 5.92 Å². The van der Waals surface area contributed by atoms with Crippen molar-refractivity contribution in [1.82, 2.24) is 0 Å². The van der Waals surface area contributed by atoms with Gasteiger partial charge in [0.1, 0.15) is 5.76 Å². The number of aliphatic carboxylic acids is 1. The van der Waals surface area contributed by atoms with Crippen LogP contribution in [0.1, 0.15) is 6.92 Å². The highest BCUT2D eigenvalue weighted by molar-refractivity contribution is 5.77. The molecule has 0 fully saturated rings. The summed E-state index contributed by atoms with van der Waals surface area (Å²) in [6, 6.07) is 0. The number of aliphatic hydroxyl groups excluding tert-OH is 1. The molecule has 64 valence electrons. The molecule has 0 bridgehead atoms. The standard InChI is InChI=1S/C9H10O3/c1-2-6-5-7(10)3-4-8(6)9(11)12/h2-5,8,10H,1H3,(H,11,12). The third-order valence-corrected chi connectivity index (χ3v) is 1.73. The van der Waals surface area contributed by atoms with Gasteiger partial charge in [-0.05, 0) is 24.6 Å². The van der Waals surface area contributed by atoms with E-state index >= 15 is 0 Å². The molecule has 1 aliphatic rings. The summed E-state index contributed by atoms with van der Waals surface area (Å²) in [6.07, 6.45) is 6.00. The minimum absolute atomic E-state index is 0.0978. The van der Waals surface area contributed by atoms with Gasteiger partial charge < -0.3 is 10.2 Å². The van der Waals surface area contributed by atoms with E-state index in [2.05, 4.69) is 0 Å². The van der Waals surface area contributed by atoms with E-state index in [9.17, 15) is 4.79 Å². The van der Waals surface area contributed by atoms with Crippen molar-refractivity contribution in [3.63, 3.8) is 0 Å². The van der Waals surface area contributed by atoms with Crippen LogP contribution < -0.4 is 0 Å². The highest BCUT2D eigenvalue weighted by Crippen LogP contribution is 2.21. The lowest BCUT2D eigenvalue weighted by Crippen LogP contribution is -2.15. The Kier molecular flexibility index (Phi) is 2.33. The van der Waals surface area contributed by atoms with E-state index in [1.165, 1.54) is 18.2 Å². The van der Waals surface area contributed by atoms with Crippen LogP contribution in [-0.4, -0.2) is 16.2 Å². The molecule has 3 nitrogen and oxygen atoms in total. The lowest BCUT2D eigenvalue weighted by Gasteiger charge is -2.12. The molecule has 3 heteroatoms. The number of hydrogen-bond donors (Lipinski definition) is 2. The maximum Gasteiger partial charge on any atom is 0.314 e. The zero-order valence-electron chi connectivity index (χ0n) is 6.69. The predicted molar refractivity (Wildman–Crippen MR) is 44.7 cm³/mol. The van der Waals surface area contributed by atoms with Gasteiger partial charge in [-0.15, -0.1) is 0 Å². The third kappa shape index (κ3) is 1.56. The van der Waals surface area contributed by atoms with Gasteiger partial charge in [0.15, 0.2) is 0 Å². The Balaban J connectivity index is 2.96. The fourth-order valence-corrected chi connectivity index (χ4v) is 1.10. The van der Waals surface area contributed by atoms with Crippen LogP contribution in [-0.2, 0) is 4.79 Å². The van der Waals surface area contributed by atoms with Gasteiger partial charge in [-0.3, -0.25) is 4.79 Å². The lowest BCUT2D eigenvalue weighted by molar-refractivity contribution is -0.138. The fraction of sp³-hybridized carbons (Fsp3) is 0.222. The van der Waals surface area contributed by atoms with Crippen LogP contribution in [0.3, 0.4) is 0 Å². The Hall–Kier alpha value is -1.51. The van der Waals surface area contributed by atoms with Gasteiger partial charge in [-0.2, -0.15) is 0 Å². The average Bonchev–Trinajstić information content (AvgIpc) is 2.03. The molecule has 0 saturated heterocycles. The van der Waals surface area contributed by atoms with Crippen LogP contribution >= 0.6 is 0 Å². The molecule has 1 unspecified atom stereocenters. The molecule has 0 radical (unpaired) electrons. The molecule has 12 heavy (non-hydrogen) atoms. The van der Waals surface area contributed by atoms with Crippen molar-refractivity contribution in [3.05, 3.63) is 35.6 Å². The largest absolute Gasteiger partial charge is 0.508 e. The SMILES string of the molecule is CC=C1C=C(O)C=CC1C(=O)O. The molecule has 0 aliphatic heterocycles. The summed E-state index contributed by atoms with van der Waals surface area (Å²) in [6.45, 7) is 1.74. The Morgan fingerprint density at radius 1 is 1.67 bits per heavy atom. The first-order valence-electron chi connectivity index (χ1n) is 3.63. The van der Waals surface area contributed by atoms with Gasteiger partial charge in [-0.1, -0.05) is 12.2 Å². The van der Waals surface area contributed by atoms with E-state index in [0.29, 0.717) is 5.57 Å². The second kappa shape index (κ2) is 3.26. The Bertz CT molecular complexity index is 284. The summed E-state index contributed by atoms with van der Waals surface area (Å²) in [5, 5.41) is 17.8. The number of rotatable bonds is 1. The molecule has 0 aromatic heterocycles. The first kappa shape index (κ1) is 8.59. The van der Waals surface area contributed by atoms with Crippen molar-refractivity contribution >= 4 is 5.97 Å². The molecule has 0 aromatic rings. The summed E-state index contributed by atoms with van der Waals surface area (Å²) in [5.74, 6) is -1.42. The monoisotopic (exact) mass is 166 g/mol. The molecule has 0 spiro atoms. The van der Waals surface area contributed by atoms with Crippen molar-refractivity contribution in [2.75, 3.05) is 0 Å². The molecule has 1 aliphatic carbocycles. The highest BCUT2D eigenvalue weighted by Gasteiger charge is 2.19. The summed E-state index contributed by atoms with van der Waals surface area (Å²) < 4.78 is 0. The van der Waals surface area contributed by atoms with Crippen LogP contribution in [0.25, 0.3) is 0 Å². The minimum atomic E-state index is -0.900. The van der Waals surface area contributed by atoms with E-state index in [1.807, 2.05) is 0 Å². The predicted octanol–water partition coefficient (Wildman–Crippen LogP) is 1.65. The Labute approximate surface area is 70.3 Å². The number of aliphatic hydroxyl groups is 1. The first-order valence-corrected chi connectivity index (χ1v) is 3.63. The summed E-state index contributed by atoms with van der Waals surface area (Å²) >= 11 is 0. The Morgan fingerprint density at radius 3 is 2.83 bits per heavy atom. The topological polar surface area (TPSA) is 57.5 Å². The second-order valence-corrected chi connectivity index (χ2v) is 2.53. The average molecular weight is 166 g/mol. The maximum atomic E-state index is 10.6.